The third kappa shape index (κ3) is 15.3. The molecule has 0 radical (unpaired) electrons. The van der Waals surface area contributed by atoms with Gasteiger partial charge in [-0.1, -0.05) is 13.8 Å². The molecular formula is C10H22N2O4S2. The minimum Gasteiger partial charge on any atom is -0.487 e. The van der Waals surface area contributed by atoms with E-state index in [4.69, 9.17) is 25.1 Å². The van der Waals surface area contributed by atoms with E-state index in [1.54, 1.807) is 6.92 Å². The van der Waals surface area contributed by atoms with Crippen molar-refractivity contribution in [3.8, 4) is 0 Å². The van der Waals surface area contributed by atoms with Crippen LogP contribution in [0.3, 0.4) is 0 Å². The summed E-state index contributed by atoms with van der Waals surface area (Å²) in [6.07, 6.45) is 1.76. The van der Waals surface area contributed by atoms with Gasteiger partial charge in [-0.05, 0) is 37.3 Å². The van der Waals surface area contributed by atoms with Crippen molar-refractivity contribution in [1.29, 1.82) is 0 Å². The fourth-order valence-corrected chi connectivity index (χ4v) is 1.01. The van der Waals surface area contributed by atoms with Crippen molar-refractivity contribution in [2.45, 2.75) is 39.6 Å². The van der Waals surface area contributed by atoms with E-state index in [1.807, 2.05) is 13.8 Å². The smallest absolute Gasteiger partial charge is 0.325 e. The molecule has 0 saturated heterocycles. The topological polar surface area (TPSA) is 100.0 Å². The lowest BCUT2D eigenvalue weighted by molar-refractivity contribution is -0.338. The van der Waals surface area contributed by atoms with E-state index in [9.17, 15) is 0 Å². The average Bonchev–Trinajstić information content (AvgIpc) is 2.22. The van der Waals surface area contributed by atoms with E-state index in [2.05, 4.69) is 30.2 Å². The Morgan fingerprint density at radius 3 is 1.67 bits per heavy atom. The molecule has 0 saturated carbocycles. The van der Waals surface area contributed by atoms with Crippen molar-refractivity contribution in [3.63, 3.8) is 0 Å². The van der Waals surface area contributed by atoms with Gasteiger partial charge in [0.05, 0.1) is 13.2 Å². The van der Waals surface area contributed by atoms with Gasteiger partial charge in [-0.3, -0.25) is 0 Å². The first-order chi connectivity index (χ1) is 8.27. The first kappa shape index (κ1) is 19.6. The SMILES string of the molecule is CCCOC(C)(OCCC)OC(N)=S.NC(O)=S. The number of aliphatic hydroxyl groups is 1. The van der Waals surface area contributed by atoms with Gasteiger partial charge in [-0.15, -0.1) is 0 Å². The number of rotatable bonds is 7. The Balaban J connectivity index is 0. The van der Waals surface area contributed by atoms with E-state index in [1.165, 1.54) is 0 Å². The van der Waals surface area contributed by atoms with Crippen molar-refractivity contribution in [2.24, 2.45) is 11.5 Å². The molecule has 0 unspecified atom stereocenters. The van der Waals surface area contributed by atoms with Crippen LogP contribution in [0.4, 0.5) is 0 Å². The summed E-state index contributed by atoms with van der Waals surface area (Å²) in [6.45, 7) is 6.76. The Bertz CT molecular complexity index is 240. The second kappa shape index (κ2) is 11.4. The molecule has 0 rings (SSSR count). The van der Waals surface area contributed by atoms with E-state index < -0.39 is 11.1 Å². The van der Waals surface area contributed by atoms with Crippen molar-refractivity contribution >= 4 is 34.8 Å². The second-order valence-corrected chi connectivity index (χ2v) is 4.14. The number of hydrogen-bond acceptors (Lipinski definition) is 5. The molecule has 18 heavy (non-hydrogen) atoms. The maximum atomic E-state index is 7.56. The summed E-state index contributed by atoms with van der Waals surface area (Å²) in [7, 11) is 0. The quantitative estimate of drug-likeness (QED) is 0.481. The van der Waals surface area contributed by atoms with E-state index >= 15 is 0 Å². The largest absolute Gasteiger partial charge is 0.487 e. The van der Waals surface area contributed by atoms with Crippen molar-refractivity contribution in [2.75, 3.05) is 13.2 Å². The molecule has 0 atom stereocenters. The van der Waals surface area contributed by atoms with Crippen LogP contribution >= 0.6 is 24.4 Å². The van der Waals surface area contributed by atoms with E-state index in [-0.39, 0.29) is 5.17 Å². The highest BCUT2D eigenvalue weighted by Gasteiger charge is 2.28. The zero-order chi connectivity index (χ0) is 14.6. The van der Waals surface area contributed by atoms with Gasteiger partial charge in [0.1, 0.15) is 0 Å². The molecule has 5 N–H and O–H groups in total. The summed E-state index contributed by atoms with van der Waals surface area (Å²) in [5.74, 6) is -1.14. The molecule has 6 nitrogen and oxygen atoms in total. The van der Waals surface area contributed by atoms with Crippen molar-refractivity contribution < 1.29 is 19.3 Å². The van der Waals surface area contributed by atoms with E-state index in [0.29, 0.717) is 13.2 Å². The van der Waals surface area contributed by atoms with Gasteiger partial charge in [0, 0.05) is 6.92 Å². The van der Waals surface area contributed by atoms with Crippen LogP contribution in [0.2, 0.25) is 0 Å². The van der Waals surface area contributed by atoms with Gasteiger partial charge >= 0.3 is 5.97 Å². The molecule has 0 aliphatic rings. The molecule has 0 amide bonds. The molecule has 0 aromatic carbocycles. The third-order valence-electron chi connectivity index (χ3n) is 1.42. The van der Waals surface area contributed by atoms with Gasteiger partial charge in [0.15, 0.2) is 0 Å². The molecule has 8 heteroatoms. The van der Waals surface area contributed by atoms with Crippen LogP contribution in [-0.4, -0.2) is 34.6 Å². The lowest BCUT2D eigenvalue weighted by Crippen LogP contribution is -2.40. The van der Waals surface area contributed by atoms with Crippen LogP contribution in [0.15, 0.2) is 0 Å². The zero-order valence-electron chi connectivity index (χ0n) is 11.0. The number of aliphatic hydroxyl groups excluding tert-OH is 1. The molecule has 0 bridgehead atoms. The van der Waals surface area contributed by atoms with Crippen LogP contribution in [0.5, 0.6) is 0 Å². The highest BCUT2D eigenvalue weighted by Crippen LogP contribution is 2.15. The lowest BCUT2D eigenvalue weighted by Gasteiger charge is -2.28. The van der Waals surface area contributed by atoms with Crippen LogP contribution in [-0.2, 0) is 14.2 Å². The highest BCUT2D eigenvalue weighted by molar-refractivity contribution is 7.80. The summed E-state index contributed by atoms with van der Waals surface area (Å²) in [5.41, 5.74) is 9.67. The summed E-state index contributed by atoms with van der Waals surface area (Å²) < 4.78 is 15.9. The maximum absolute atomic E-state index is 7.56. The van der Waals surface area contributed by atoms with Gasteiger partial charge in [0.2, 0.25) is 0 Å². The summed E-state index contributed by atoms with van der Waals surface area (Å²) in [4.78, 5) is 0. The minimum atomic E-state index is -1.14. The van der Waals surface area contributed by atoms with Gasteiger partial charge in [0.25, 0.3) is 10.3 Å². The molecule has 0 aromatic heterocycles. The van der Waals surface area contributed by atoms with E-state index in [0.717, 1.165) is 12.8 Å². The van der Waals surface area contributed by atoms with Gasteiger partial charge < -0.3 is 30.8 Å². The summed E-state index contributed by atoms with van der Waals surface area (Å²) in [6, 6.07) is 0. The maximum Gasteiger partial charge on any atom is 0.325 e. The number of thiocarbonyl (C=S) groups is 2. The molecule has 0 heterocycles. The fraction of sp³-hybridized carbons (Fsp3) is 0.800. The van der Waals surface area contributed by atoms with Crippen molar-refractivity contribution in [1.82, 2.24) is 0 Å². The third-order valence-corrected chi connectivity index (χ3v) is 1.51. The monoisotopic (exact) mass is 298 g/mol. The first-order valence-corrected chi connectivity index (χ1v) is 6.33. The van der Waals surface area contributed by atoms with Crippen LogP contribution in [0.1, 0.15) is 33.6 Å². The second-order valence-electron chi connectivity index (χ2n) is 3.32. The van der Waals surface area contributed by atoms with Crippen LogP contribution < -0.4 is 11.5 Å². The number of nitrogens with two attached hydrogens (primary N) is 2. The van der Waals surface area contributed by atoms with Gasteiger partial charge in [-0.2, -0.15) is 0 Å². The Hall–Kier alpha value is -0.700. The standard InChI is InChI=1S/C9H19NO3S.CH3NOS/c1-4-6-11-9(3,12-7-5-2)13-8(10)14;2-1(3)4/h4-7H2,1-3H3,(H2,10,14);(H3,2,3,4). The zero-order valence-corrected chi connectivity index (χ0v) is 12.6. The lowest BCUT2D eigenvalue weighted by atomic mass is 10.5. The highest BCUT2D eigenvalue weighted by atomic mass is 32.1. The molecular weight excluding hydrogens is 276 g/mol. The fourth-order valence-electron chi connectivity index (χ4n) is 0.858. The van der Waals surface area contributed by atoms with Crippen LogP contribution in [0.25, 0.3) is 0 Å². The number of hydrogen-bond donors (Lipinski definition) is 3. The predicted octanol–water partition coefficient (Wildman–Crippen LogP) is 1.56. The summed E-state index contributed by atoms with van der Waals surface area (Å²) in [5, 5.41) is 7.00. The molecule has 0 spiro atoms. The van der Waals surface area contributed by atoms with Crippen molar-refractivity contribution in [3.05, 3.63) is 0 Å². The predicted molar refractivity (Wildman–Crippen MR) is 78.2 cm³/mol. The summed E-state index contributed by atoms with van der Waals surface area (Å²) >= 11 is 8.51. The Labute approximate surface area is 119 Å². The molecule has 0 fully saturated rings. The average molecular weight is 298 g/mol. The van der Waals surface area contributed by atoms with Crippen LogP contribution in [0, 0.1) is 0 Å². The normalized spacial score (nSPS) is 10.2. The Morgan fingerprint density at radius 1 is 1.11 bits per heavy atom. The molecule has 0 aliphatic heterocycles. The molecule has 108 valence electrons. The molecule has 0 aliphatic carbocycles. The first-order valence-electron chi connectivity index (χ1n) is 5.52. The Morgan fingerprint density at radius 2 is 1.44 bits per heavy atom. The number of ether oxygens (including phenoxy) is 3. The van der Waals surface area contributed by atoms with Gasteiger partial charge in [-0.25, -0.2) is 0 Å². The Kier molecular flexibility index (Phi) is 12.4. The minimum absolute atomic E-state index is 0.0697. The molecule has 0 aromatic rings.